The van der Waals surface area contributed by atoms with Crippen LogP contribution in [-0.4, -0.2) is 22.7 Å². The monoisotopic (exact) mass is 369 g/mol. The van der Waals surface area contributed by atoms with Crippen molar-refractivity contribution in [3.63, 3.8) is 0 Å². The van der Waals surface area contributed by atoms with Crippen LogP contribution in [0, 0.1) is 5.92 Å². The molecule has 1 amide bonds. The minimum Gasteiger partial charge on any atom is -0.507 e. The third-order valence-electron chi connectivity index (χ3n) is 6.32. The Morgan fingerprint density at radius 1 is 1.26 bits per heavy atom. The van der Waals surface area contributed by atoms with Crippen LogP contribution in [0.3, 0.4) is 0 Å². The Kier molecular flexibility index (Phi) is 5.36. The van der Waals surface area contributed by atoms with Gasteiger partial charge in [0.1, 0.15) is 11.5 Å². The van der Waals surface area contributed by atoms with Crippen LogP contribution in [0.15, 0.2) is 29.9 Å². The van der Waals surface area contributed by atoms with Crippen molar-refractivity contribution in [2.75, 3.05) is 11.4 Å². The number of hydrogen-bond donors (Lipinski definition) is 2. The van der Waals surface area contributed by atoms with Crippen molar-refractivity contribution in [2.24, 2.45) is 5.92 Å². The fourth-order valence-electron chi connectivity index (χ4n) is 4.82. The van der Waals surface area contributed by atoms with Gasteiger partial charge < -0.3 is 15.1 Å². The van der Waals surface area contributed by atoms with Crippen LogP contribution < -0.4 is 4.90 Å². The highest BCUT2D eigenvalue weighted by molar-refractivity contribution is 5.94. The summed E-state index contributed by atoms with van der Waals surface area (Å²) in [6.07, 6.45) is 5.85. The van der Waals surface area contributed by atoms with Gasteiger partial charge in [0, 0.05) is 36.6 Å². The Labute approximate surface area is 162 Å². The molecule has 0 unspecified atom stereocenters. The quantitative estimate of drug-likeness (QED) is 0.705. The van der Waals surface area contributed by atoms with E-state index in [0.29, 0.717) is 17.8 Å². The topological polar surface area (TPSA) is 60.8 Å². The van der Waals surface area contributed by atoms with E-state index in [1.807, 2.05) is 6.92 Å². The second-order valence-corrected chi connectivity index (χ2v) is 8.19. The number of phenolic OH excluding ortho intramolecular Hbond substituents is 2. The first kappa shape index (κ1) is 19.5. The maximum absolute atomic E-state index is 12.1. The number of aromatic hydroxyl groups is 2. The Balaban J connectivity index is 2.22. The molecule has 1 aliphatic heterocycles. The number of amides is 1. The molecule has 0 radical (unpaired) electrons. The summed E-state index contributed by atoms with van der Waals surface area (Å²) in [6.45, 7) is 12.5. The Morgan fingerprint density at radius 2 is 1.96 bits per heavy atom. The van der Waals surface area contributed by atoms with Gasteiger partial charge in [0.25, 0.3) is 0 Å². The van der Waals surface area contributed by atoms with Crippen molar-refractivity contribution < 1.29 is 15.0 Å². The van der Waals surface area contributed by atoms with Gasteiger partial charge in [-0.25, -0.2) is 0 Å². The lowest BCUT2D eigenvalue weighted by Gasteiger charge is -2.37. The molecule has 1 aromatic carbocycles. The minimum absolute atomic E-state index is 0.0643. The molecule has 4 nitrogen and oxygen atoms in total. The molecule has 0 aromatic heterocycles. The van der Waals surface area contributed by atoms with Crippen molar-refractivity contribution in [1.29, 1.82) is 0 Å². The maximum Gasteiger partial charge on any atom is 0.223 e. The average molecular weight is 370 g/mol. The number of phenols is 2. The minimum atomic E-state index is -0.0910. The lowest BCUT2D eigenvalue weighted by Crippen LogP contribution is -2.35. The summed E-state index contributed by atoms with van der Waals surface area (Å²) in [4.78, 5) is 13.8. The Morgan fingerprint density at radius 3 is 2.56 bits per heavy atom. The second kappa shape index (κ2) is 7.41. The molecule has 3 atom stereocenters. The van der Waals surface area contributed by atoms with Gasteiger partial charge in [-0.15, -0.1) is 0 Å². The number of carbonyl (C=O) groups is 1. The van der Waals surface area contributed by atoms with Crippen molar-refractivity contribution >= 4 is 11.6 Å². The van der Waals surface area contributed by atoms with Crippen molar-refractivity contribution in [3.05, 3.63) is 41.0 Å². The van der Waals surface area contributed by atoms with E-state index in [-0.39, 0.29) is 35.2 Å². The van der Waals surface area contributed by atoms with Gasteiger partial charge >= 0.3 is 0 Å². The second-order valence-electron chi connectivity index (χ2n) is 8.19. The largest absolute Gasteiger partial charge is 0.507 e. The normalized spacial score (nSPS) is 25.0. The maximum atomic E-state index is 12.1. The lowest BCUT2D eigenvalue weighted by atomic mass is 9.72. The highest BCUT2D eigenvalue weighted by atomic mass is 16.3. The summed E-state index contributed by atoms with van der Waals surface area (Å²) in [5, 5.41) is 22.2. The number of rotatable bonds is 3. The number of nitrogens with zero attached hydrogens (tertiary/aromatic N) is 1. The molecule has 1 aliphatic carbocycles. The Bertz CT molecular complexity index is 808. The molecular formula is C23H31NO3. The molecule has 2 N–H and O–H groups in total. The van der Waals surface area contributed by atoms with Crippen LogP contribution in [0.4, 0.5) is 5.69 Å². The first-order chi connectivity index (χ1) is 12.8. The predicted molar refractivity (Wildman–Crippen MR) is 109 cm³/mol. The molecule has 146 valence electrons. The molecule has 0 spiro atoms. The number of hydrogen-bond acceptors (Lipinski definition) is 3. The zero-order chi connectivity index (χ0) is 19.9. The number of allylic oxidation sites excluding steroid dienone is 3. The number of anilines is 1. The molecule has 1 aromatic rings. The molecule has 0 fully saturated rings. The molecule has 0 saturated carbocycles. The highest BCUT2D eigenvalue weighted by Crippen LogP contribution is 2.53. The van der Waals surface area contributed by atoms with Gasteiger partial charge in [-0.2, -0.15) is 0 Å². The fourth-order valence-corrected chi connectivity index (χ4v) is 4.82. The Hall–Kier alpha value is -2.23. The van der Waals surface area contributed by atoms with Crippen LogP contribution in [0.25, 0.3) is 0 Å². The molecule has 1 heterocycles. The van der Waals surface area contributed by atoms with E-state index in [1.165, 1.54) is 12.5 Å². The first-order valence-electron chi connectivity index (χ1n) is 9.95. The van der Waals surface area contributed by atoms with Crippen LogP contribution in [0.1, 0.15) is 76.3 Å². The zero-order valence-corrected chi connectivity index (χ0v) is 16.9. The van der Waals surface area contributed by atoms with E-state index in [2.05, 4.69) is 26.5 Å². The van der Waals surface area contributed by atoms with Gasteiger partial charge in [0.2, 0.25) is 5.91 Å². The van der Waals surface area contributed by atoms with Crippen LogP contribution in [0.2, 0.25) is 0 Å². The molecular weight excluding hydrogens is 338 g/mol. The molecule has 3 rings (SSSR count). The average Bonchev–Trinajstić information content (AvgIpc) is 2.60. The fraction of sp³-hybridized carbons (Fsp3) is 0.522. The van der Waals surface area contributed by atoms with Gasteiger partial charge in [-0.1, -0.05) is 30.7 Å². The summed E-state index contributed by atoms with van der Waals surface area (Å²) >= 11 is 0. The van der Waals surface area contributed by atoms with E-state index in [0.717, 1.165) is 36.8 Å². The van der Waals surface area contributed by atoms with Crippen molar-refractivity contribution in [2.45, 2.75) is 65.2 Å². The van der Waals surface area contributed by atoms with Gasteiger partial charge in [-0.3, -0.25) is 4.79 Å². The van der Waals surface area contributed by atoms with Gasteiger partial charge in [0.05, 0.1) is 5.69 Å². The molecule has 4 heteroatoms. The summed E-state index contributed by atoms with van der Waals surface area (Å²) in [6, 6.07) is 1.68. The van der Waals surface area contributed by atoms with E-state index in [9.17, 15) is 15.0 Å². The number of benzene rings is 1. The molecule has 0 bridgehead atoms. The zero-order valence-electron chi connectivity index (χ0n) is 16.9. The van der Waals surface area contributed by atoms with Crippen LogP contribution >= 0.6 is 0 Å². The van der Waals surface area contributed by atoms with Crippen LogP contribution in [0.5, 0.6) is 11.5 Å². The summed E-state index contributed by atoms with van der Waals surface area (Å²) in [5.41, 5.74) is 4.39. The van der Waals surface area contributed by atoms with E-state index in [4.69, 9.17) is 0 Å². The van der Waals surface area contributed by atoms with Crippen LogP contribution in [-0.2, 0) is 4.79 Å². The third kappa shape index (κ3) is 3.38. The smallest absolute Gasteiger partial charge is 0.223 e. The van der Waals surface area contributed by atoms with E-state index >= 15 is 0 Å². The SMILES string of the molecule is C=C(C)[C@@H]1CCC(C)=C[C@H]1c1c(O)cc2c(c1O)[C@H](CC)CCN2C(C)=O. The summed E-state index contributed by atoms with van der Waals surface area (Å²) in [5.74, 6) is 0.446. The van der Waals surface area contributed by atoms with Crippen molar-refractivity contribution in [1.82, 2.24) is 0 Å². The predicted octanol–water partition coefficient (Wildman–Crippen LogP) is 5.36. The number of fused-ring (bicyclic) bond motifs is 1. The standard InChI is InChI=1S/C23H31NO3/c1-6-16-9-10-24(15(5)25)19-12-20(26)22(23(27)21(16)19)18-11-14(4)7-8-17(18)13(2)3/h11-12,16-18,26-27H,2,6-10H2,1,3-5H3/t16-,17+,18-/m1/s1. The van der Waals surface area contributed by atoms with E-state index in [1.54, 1.807) is 11.0 Å². The molecule has 27 heavy (non-hydrogen) atoms. The number of carbonyl (C=O) groups excluding carboxylic acids is 1. The molecule has 0 saturated heterocycles. The van der Waals surface area contributed by atoms with Crippen molar-refractivity contribution in [3.8, 4) is 11.5 Å². The third-order valence-corrected chi connectivity index (χ3v) is 6.32. The highest BCUT2D eigenvalue weighted by Gasteiger charge is 2.36. The van der Waals surface area contributed by atoms with E-state index < -0.39 is 0 Å². The van der Waals surface area contributed by atoms with Gasteiger partial charge in [0.15, 0.2) is 0 Å². The molecule has 2 aliphatic rings. The summed E-state index contributed by atoms with van der Waals surface area (Å²) in [7, 11) is 0. The summed E-state index contributed by atoms with van der Waals surface area (Å²) < 4.78 is 0. The first-order valence-corrected chi connectivity index (χ1v) is 9.95. The lowest BCUT2D eigenvalue weighted by molar-refractivity contribution is -0.116. The van der Waals surface area contributed by atoms with Gasteiger partial charge in [-0.05, 0) is 51.4 Å².